The van der Waals surface area contributed by atoms with Crippen LogP contribution in [-0.2, 0) is 4.79 Å². The number of hydrogen-bond acceptors (Lipinski definition) is 2. The van der Waals surface area contributed by atoms with Gasteiger partial charge in [0.1, 0.15) is 6.04 Å². The van der Waals surface area contributed by atoms with Crippen LogP contribution in [0.1, 0.15) is 63.5 Å². The maximum absolute atomic E-state index is 11.6. The lowest BCUT2D eigenvalue weighted by molar-refractivity contribution is -0.140. The molecule has 3 nitrogen and oxygen atoms in total. The molecular formula is C18H27NO2. The molecule has 0 aromatic heterocycles. The Morgan fingerprint density at radius 2 is 2.00 bits per heavy atom. The van der Waals surface area contributed by atoms with Gasteiger partial charge in [0.15, 0.2) is 0 Å². The lowest BCUT2D eigenvalue weighted by atomic mass is 9.95. The van der Waals surface area contributed by atoms with Crippen molar-refractivity contribution in [1.29, 1.82) is 0 Å². The molecule has 0 saturated heterocycles. The third-order valence-corrected chi connectivity index (χ3v) is 4.57. The Balaban J connectivity index is 1.96. The lowest BCUT2D eigenvalue weighted by Gasteiger charge is -2.22. The van der Waals surface area contributed by atoms with Gasteiger partial charge in [0, 0.05) is 6.04 Å². The molecule has 1 aliphatic carbocycles. The van der Waals surface area contributed by atoms with Crippen LogP contribution < -0.4 is 5.32 Å². The first-order valence-corrected chi connectivity index (χ1v) is 8.24. The van der Waals surface area contributed by atoms with Crippen molar-refractivity contribution in [2.24, 2.45) is 5.92 Å². The van der Waals surface area contributed by atoms with Gasteiger partial charge in [-0.3, -0.25) is 10.1 Å². The highest BCUT2D eigenvalue weighted by Gasteiger charge is 2.25. The molecule has 1 saturated carbocycles. The van der Waals surface area contributed by atoms with Crippen LogP contribution in [-0.4, -0.2) is 17.1 Å². The number of carboxylic acid groups (broad SMARTS) is 1. The van der Waals surface area contributed by atoms with Crippen LogP contribution in [0.25, 0.3) is 0 Å². The van der Waals surface area contributed by atoms with Gasteiger partial charge in [-0.15, -0.1) is 0 Å². The predicted molar refractivity (Wildman–Crippen MR) is 85.2 cm³/mol. The lowest BCUT2D eigenvalue weighted by Crippen LogP contribution is -2.36. The molecule has 0 aliphatic heterocycles. The Morgan fingerprint density at radius 1 is 1.24 bits per heavy atom. The van der Waals surface area contributed by atoms with Crippen molar-refractivity contribution in [3.8, 4) is 0 Å². The Labute approximate surface area is 127 Å². The first-order valence-electron chi connectivity index (χ1n) is 8.24. The van der Waals surface area contributed by atoms with Crippen molar-refractivity contribution in [3.05, 3.63) is 35.9 Å². The zero-order chi connectivity index (χ0) is 15.1. The molecule has 1 aliphatic rings. The fourth-order valence-electron chi connectivity index (χ4n) is 3.43. The Bertz CT molecular complexity index is 432. The highest BCUT2D eigenvalue weighted by Crippen LogP contribution is 2.28. The zero-order valence-corrected chi connectivity index (χ0v) is 12.9. The normalized spacial score (nSPS) is 24.2. The summed E-state index contributed by atoms with van der Waals surface area (Å²) in [6.07, 6.45) is 8.50. The first-order chi connectivity index (χ1) is 10.2. The minimum atomic E-state index is -0.782. The third kappa shape index (κ3) is 4.85. The molecule has 0 amide bonds. The van der Waals surface area contributed by atoms with E-state index in [4.69, 9.17) is 0 Å². The average Bonchev–Trinajstić information content (AvgIpc) is 2.71. The van der Waals surface area contributed by atoms with E-state index in [0.717, 1.165) is 24.3 Å². The molecule has 21 heavy (non-hydrogen) atoms. The molecule has 2 N–H and O–H groups in total. The molecule has 116 valence electrons. The van der Waals surface area contributed by atoms with Crippen LogP contribution in [0.2, 0.25) is 0 Å². The topological polar surface area (TPSA) is 49.3 Å². The molecule has 0 radical (unpaired) electrons. The number of benzene rings is 1. The van der Waals surface area contributed by atoms with E-state index in [0.29, 0.717) is 6.04 Å². The number of rotatable bonds is 6. The van der Waals surface area contributed by atoms with Gasteiger partial charge in [0.2, 0.25) is 0 Å². The average molecular weight is 289 g/mol. The fraction of sp³-hybridized carbons (Fsp3) is 0.611. The third-order valence-electron chi connectivity index (χ3n) is 4.57. The smallest absolute Gasteiger partial charge is 0.325 e. The van der Waals surface area contributed by atoms with Crippen molar-refractivity contribution < 1.29 is 9.90 Å². The molecule has 3 atom stereocenters. The van der Waals surface area contributed by atoms with Crippen LogP contribution in [0, 0.1) is 5.92 Å². The highest BCUT2D eigenvalue weighted by atomic mass is 16.4. The summed E-state index contributed by atoms with van der Waals surface area (Å²) in [6, 6.07) is 9.25. The van der Waals surface area contributed by atoms with E-state index >= 15 is 0 Å². The first kappa shape index (κ1) is 16.0. The standard InChI is InChI=1S/C18H27NO2/c1-2-7-14-8-6-11-16(13-12-14)19-17(18(20)21)15-9-4-3-5-10-15/h3-5,9-10,14,16-17,19H,2,6-8,11-13H2,1H3,(H,20,21). The van der Waals surface area contributed by atoms with Gasteiger partial charge in [0.05, 0.1) is 0 Å². The second-order valence-electron chi connectivity index (χ2n) is 6.21. The predicted octanol–water partition coefficient (Wildman–Crippen LogP) is 4.15. The SMILES string of the molecule is CCCC1CCCC(NC(C(=O)O)c2ccccc2)CC1. The van der Waals surface area contributed by atoms with Crippen LogP contribution in [0.15, 0.2) is 30.3 Å². The minimum absolute atomic E-state index is 0.327. The number of hydrogen-bond donors (Lipinski definition) is 2. The Hall–Kier alpha value is -1.35. The summed E-state index contributed by atoms with van der Waals surface area (Å²) in [5, 5.41) is 12.9. The fourth-order valence-corrected chi connectivity index (χ4v) is 3.43. The van der Waals surface area contributed by atoms with Gasteiger partial charge in [-0.2, -0.15) is 0 Å². The molecule has 1 aromatic carbocycles. The van der Waals surface area contributed by atoms with E-state index in [9.17, 15) is 9.90 Å². The van der Waals surface area contributed by atoms with Crippen molar-refractivity contribution >= 4 is 5.97 Å². The molecule has 0 bridgehead atoms. The summed E-state index contributed by atoms with van der Waals surface area (Å²) >= 11 is 0. The van der Waals surface area contributed by atoms with Crippen LogP contribution in [0.5, 0.6) is 0 Å². The van der Waals surface area contributed by atoms with Gasteiger partial charge in [-0.1, -0.05) is 62.9 Å². The summed E-state index contributed by atoms with van der Waals surface area (Å²) < 4.78 is 0. The van der Waals surface area contributed by atoms with E-state index in [1.54, 1.807) is 0 Å². The monoisotopic (exact) mass is 289 g/mol. The Morgan fingerprint density at radius 3 is 2.67 bits per heavy atom. The quantitative estimate of drug-likeness (QED) is 0.773. The van der Waals surface area contributed by atoms with Crippen LogP contribution >= 0.6 is 0 Å². The number of carboxylic acids is 1. The van der Waals surface area contributed by atoms with E-state index in [1.807, 2.05) is 30.3 Å². The molecule has 1 aromatic rings. The van der Waals surface area contributed by atoms with Gasteiger partial charge in [-0.05, 0) is 30.7 Å². The largest absolute Gasteiger partial charge is 0.480 e. The summed E-state index contributed by atoms with van der Waals surface area (Å²) in [4.78, 5) is 11.6. The Kier molecular flexibility index (Phi) is 6.24. The highest BCUT2D eigenvalue weighted by molar-refractivity contribution is 5.75. The second kappa shape index (κ2) is 8.18. The molecule has 0 heterocycles. The van der Waals surface area contributed by atoms with E-state index < -0.39 is 12.0 Å². The van der Waals surface area contributed by atoms with Gasteiger partial charge in [0.25, 0.3) is 0 Å². The molecular weight excluding hydrogens is 262 g/mol. The maximum Gasteiger partial charge on any atom is 0.325 e. The maximum atomic E-state index is 11.6. The number of carbonyl (C=O) groups is 1. The van der Waals surface area contributed by atoms with Crippen LogP contribution in [0.4, 0.5) is 0 Å². The van der Waals surface area contributed by atoms with E-state index in [2.05, 4.69) is 12.2 Å². The van der Waals surface area contributed by atoms with Gasteiger partial charge >= 0.3 is 5.97 Å². The zero-order valence-electron chi connectivity index (χ0n) is 12.9. The molecule has 2 rings (SSSR count). The van der Waals surface area contributed by atoms with E-state index in [1.165, 1.54) is 32.1 Å². The second-order valence-corrected chi connectivity index (χ2v) is 6.21. The molecule has 1 fully saturated rings. The van der Waals surface area contributed by atoms with Gasteiger partial charge < -0.3 is 5.11 Å². The van der Waals surface area contributed by atoms with Crippen molar-refractivity contribution in [3.63, 3.8) is 0 Å². The van der Waals surface area contributed by atoms with Crippen molar-refractivity contribution in [2.75, 3.05) is 0 Å². The van der Waals surface area contributed by atoms with Crippen LogP contribution in [0.3, 0.4) is 0 Å². The number of aliphatic carboxylic acids is 1. The van der Waals surface area contributed by atoms with Crippen molar-refractivity contribution in [2.45, 2.75) is 64.0 Å². The van der Waals surface area contributed by atoms with Crippen molar-refractivity contribution in [1.82, 2.24) is 5.32 Å². The molecule has 3 heteroatoms. The minimum Gasteiger partial charge on any atom is -0.480 e. The van der Waals surface area contributed by atoms with Gasteiger partial charge in [-0.25, -0.2) is 0 Å². The summed E-state index contributed by atoms with van der Waals surface area (Å²) in [6.45, 7) is 2.25. The summed E-state index contributed by atoms with van der Waals surface area (Å²) in [5.41, 5.74) is 0.847. The molecule has 3 unspecified atom stereocenters. The molecule has 0 spiro atoms. The van der Waals surface area contributed by atoms with E-state index in [-0.39, 0.29) is 0 Å². The number of nitrogens with one attached hydrogen (secondary N) is 1. The summed E-state index contributed by atoms with van der Waals surface area (Å²) in [5.74, 6) is 0.0531. The summed E-state index contributed by atoms with van der Waals surface area (Å²) in [7, 11) is 0.